The molecule has 1 aromatic heterocycles. The summed E-state index contributed by atoms with van der Waals surface area (Å²) in [5.74, 6) is 0.900. The zero-order valence-electron chi connectivity index (χ0n) is 16.5. The van der Waals surface area contributed by atoms with Crippen LogP contribution in [-0.2, 0) is 16.6 Å². The Labute approximate surface area is 167 Å². The normalized spacial score (nSPS) is 18.0. The molecule has 2 aliphatic rings. The van der Waals surface area contributed by atoms with Gasteiger partial charge in [0.1, 0.15) is 17.6 Å². The molecule has 0 aliphatic carbocycles. The van der Waals surface area contributed by atoms with Crippen LogP contribution in [0, 0.1) is 0 Å². The average molecular weight is 402 g/mol. The molecule has 0 radical (unpaired) electrons. The quantitative estimate of drug-likeness (QED) is 0.746. The predicted octanol–water partition coefficient (Wildman–Crippen LogP) is 2.52. The van der Waals surface area contributed by atoms with E-state index < -0.39 is 10.0 Å². The van der Waals surface area contributed by atoms with Crippen molar-refractivity contribution in [3.8, 4) is 0 Å². The number of nitrogens with zero attached hydrogens (tertiary/aromatic N) is 3. The van der Waals surface area contributed by atoms with E-state index in [-0.39, 0.29) is 0 Å². The minimum atomic E-state index is -3.38. The van der Waals surface area contributed by atoms with E-state index in [1.165, 1.54) is 24.1 Å². The topological polar surface area (TPSA) is 58.0 Å². The summed E-state index contributed by atoms with van der Waals surface area (Å²) >= 11 is 0. The monoisotopic (exact) mass is 401 g/mol. The van der Waals surface area contributed by atoms with Crippen LogP contribution in [0.25, 0.3) is 0 Å². The molecule has 4 rings (SSSR count). The first kappa shape index (κ1) is 19.2. The molecule has 2 saturated heterocycles. The summed E-state index contributed by atoms with van der Waals surface area (Å²) in [6, 6.07) is 12.1. The van der Waals surface area contributed by atoms with Crippen molar-refractivity contribution in [2.75, 3.05) is 43.0 Å². The highest BCUT2D eigenvalue weighted by Gasteiger charge is 2.28. The Morgan fingerprint density at radius 1 is 0.964 bits per heavy atom. The van der Waals surface area contributed by atoms with Crippen LogP contribution >= 0.6 is 0 Å². The lowest BCUT2D eigenvalue weighted by Gasteiger charge is -2.22. The van der Waals surface area contributed by atoms with Crippen LogP contribution in [0.3, 0.4) is 0 Å². The molecular weight excluding hydrogens is 372 g/mol. The van der Waals surface area contributed by atoms with Gasteiger partial charge in [-0.3, -0.25) is 4.90 Å². The van der Waals surface area contributed by atoms with Gasteiger partial charge in [0.2, 0.25) is 10.0 Å². The van der Waals surface area contributed by atoms with Gasteiger partial charge >= 0.3 is 0 Å². The van der Waals surface area contributed by atoms with Gasteiger partial charge in [0.25, 0.3) is 5.82 Å². The van der Waals surface area contributed by atoms with Gasteiger partial charge in [0.05, 0.1) is 7.05 Å². The molecule has 0 atom stereocenters. The number of pyridine rings is 1. The van der Waals surface area contributed by atoms with E-state index in [1.54, 1.807) is 16.6 Å². The minimum Gasteiger partial charge on any atom is -0.371 e. The summed E-state index contributed by atoms with van der Waals surface area (Å²) in [6.45, 7) is 4.25. The molecule has 3 heterocycles. The van der Waals surface area contributed by atoms with Gasteiger partial charge in [-0.1, -0.05) is 18.2 Å². The summed E-state index contributed by atoms with van der Waals surface area (Å²) in [6.07, 6.45) is 6.02. The first-order valence-corrected chi connectivity index (χ1v) is 11.6. The lowest BCUT2D eigenvalue weighted by molar-refractivity contribution is -0.367. The number of hydrogen-bond acceptors (Lipinski definition) is 4. The first-order chi connectivity index (χ1) is 13.6. The third-order valence-electron chi connectivity index (χ3n) is 5.73. The highest BCUT2D eigenvalue weighted by molar-refractivity contribution is 7.89. The maximum atomic E-state index is 12.7. The van der Waals surface area contributed by atoms with E-state index in [0.717, 1.165) is 38.3 Å². The van der Waals surface area contributed by atoms with Crippen molar-refractivity contribution >= 4 is 21.5 Å². The zero-order chi connectivity index (χ0) is 19.6. The third-order valence-corrected chi connectivity index (χ3v) is 7.62. The predicted molar refractivity (Wildman–Crippen MR) is 111 cm³/mol. The van der Waals surface area contributed by atoms with E-state index in [4.69, 9.17) is 0 Å². The number of rotatable bonds is 6. The number of aromatic amines is 1. The van der Waals surface area contributed by atoms with E-state index in [1.807, 2.05) is 13.1 Å². The van der Waals surface area contributed by atoms with Gasteiger partial charge in [-0.15, -0.1) is 0 Å². The van der Waals surface area contributed by atoms with Gasteiger partial charge in [-0.05, 0) is 37.8 Å². The average Bonchev–Trinajstić information content (AvgIpc) is 3.43. The van der Waals surface area contributed by atoms with Crippen LogP contribution in [0.4, 0.5) is 11.5 Å². The van der Waals surface area contributed by atoms with Crippen molar-refractivity contribution in [3.05, 3.63) is 48.2 Å². The van der Waals surface area contributed by atoms with E-state index in [2.05, 4.69) is 39.0 Å². The maximum absolute atomic E-state index is 12.7. The van der Waals surface area contributed by atoms with Gasteiger partial charge in [-0.25, -0.2) is 13.4 Å². The first-order valence-electron chi connectivity index (χ1n) is 10.1. The third kappa shape index (κ3) is 3.86. The number of para-hydroxylation sites is 1. The smallest absolute Gasteiger partial charge is 0.274 e. The van der Waals surface area contributed by atoms with Crippen molar-refractivity contribution in [3.63, 3.8) is 0 Å². The molecule has 0 amide bonds. The molecule has 28 heavy (non-hydrogen) atoms. The zero-order valence-corrected chi connectivity index (χ0v) is 17.3. The fraction of sp³-hybridized carbons (Fsp3) is 0.476. The minimum absolute atomic E-state index is 0.337. The molecule has 1 aromatic carbocycles. The number of sulfonamides is 1. The molecule has 6 nitrogen and oxygen atoms in total. The van der Waals surface area contributed by atoms with Gasteiger partial charge < -0.3 is 4.90 Å². The van der Waals surface area contributed by atoms with Crippen molar-refractivity contribution < 1.29 is 13.4 Å². The van der Waals surface area contributed by atoms with Gasteiger partial charge in [0.15, 0.2) is 0 Å². The molecule has 2 aliphatic heterocycles. The molecule has 150 valence electrons. The molecule has 0 bridgehead atoms. The molecule has 2 fully saturated rings. The standard InChI is InChI=1S/C21H28N4O2S/c1-23(17-18-8-2-3-9-20(18)24-12-4-5-13-24)21-11-10-19(16-22-21)28(26,27)25-14-6-7-15-25/h2-3,8-11,16H,4-7,12-15,17H2,1H3/p+1. The fourth-order valence-electron chi connectivity index (χ4n) is 4.13. The molecule has 0 spiro atoms. The Kier molecular flexibility index (Phi) is 5.55. The molecule has 0 saturated carbocycles. The second-order valence-corrected chi connectivity index (χ2v) is 9.64. The van der Waals surface area contributed by atoms with E-state index in [0.29, 0.717) is 18.0 Å². The number of H-pyrrole nitrogens is 1. The summed E-state index contributed by atoms with van der Waals surface area (Å²) in [5.41, 5.74) is 2.59. The number of aromatic nitrogens is 1. The Balaban J connectivity index is 1.49. The summed E-state index contributed by atoms with van der Waals surface area (Å²) in [7, 11) is -1.35. The summed E-state index contributed by atoms with van der Waals surface area (Å²) in [5, 5.41) is 0. The van der Waals surface area contributed by atoms with Crippen LogP contribution < -0.4 is 14.8 Å². The Morgan fingerprint density at radius 2 is 1.64 bits per heavy atom. The van der Waals surface area contributed by atoms with Gasteiger partial charge in [-0.2, -0.15) is 4.31 Å². The van der Waals surface area contributed by atoms with E-state index >= 15 is 0 Å². The second kappa shape index (κ2) is 8.09. The lowest BCUT2D eigenvalue weighted by atomic mass is 10.1. The van der Waals surface area contributed by atoms with Crippen LogP contribution in [-0.4, -0.2) is 45.9 Å². The Bertz CT molecular complexity index is 902. The lowest BCUT2D eigenvalue weighted by Crippen LogP contribution is -2.30. The highest BCUT2D eigenvalue weighted by atomic mass is 32.2. The highest BCUT2D eigenvalue weighted by Crippen LogP contribution is 2.26. The fourth-order valence-corrected chi connectivity index (χ4v) is 5.61. The molecule has 1 N–H and O–H groups in total. The number of benzene rings is 1. The summed E-state index contributed by atoms with van der Waals surface area (Å²) < 4.78 is 26.9. The van der Waals surface area contributed by atoms with Crippen molar-refractivity contribution in [1.29, 1.82) is 0 Å². The number of anilines is 2. The SMILES string of the molecule is CN(Cc1ccccc1N1CCCC1)c1ccc(S(=O)(=O)N2CCCC2)c[nH+]1. The van der Waals surface area contributed by atoms with Crippen LogP contribution in [0.15, 0.2) is 47.5 Å². The number of nitrogens with one attached hydrogen (secondary N) is 1. The second-order valence-electron chi connectivity index (χ2n) is 7.70. The van der Waals surface area contributed by atoms with Gasteiger partial charge in [0, 0.05) is 43.5 Å². The summed E-state index contributed by atoms with van der Waals surface area (Å²) in [4.78, 5) is 8.10. The maximum Gasteiger partial charge on any atom is 0.274 e. The number of hydrogen-bond donors (Lipinski definition) is 0. The molecular formula is C21H29N4O2S+. The molecule has 2 aromatic rings. The van der Waals surface area contributed by atoms with Crippen LogP contribution in [0.2, 0.25) is 0 Å². The van der Waals surface area contributed by atoms with Crippen molar-refractivity contribution in [2.45, 2.75) is 37.1 Å². The largest absolute Gasteiger partial charge is 0.371 e. The molecule has 7 heteroatoms. The molecule has 0 unspecified atom stereocenters. The van der Waals surface area contributed by atoms with Crippen LogP contribution in [0.5, 0.6) is 0 Å². The van der Waals surface area contributed by atoms with E-state index in [9.17, 15) is 8.42 Å². The Hall–Kier alpha value is -2.12. The van der Waals surface area contributed by atoms with Crippen molar-refractivity contribution in [2.24, 2.45) is 0 Å². The van der Waals surface area contributed by atoms with Crippen molar-refractivity contribution in [1.82, 2.24) is 4.31 Å². The van der Waals surface area contributed by atoms with Crippen LogP contribution in [0.1, 0.15) is 31.2 Å². The Morgan fingerprint density at radius 3 is 2.32 bits per heavy atom.